The van der Waals surface area contributed by atoms with Crippen LogP contribution in [0.1, 0.15) is 38.7 Å². The monoisotopic (exact) mass is 291 g/mol. The van der Waals surface area contributed by atoms with Crippen molar-refractivity contribution in [3.8, 4) is 6.07 Å². The topological polar surface area (TPSA) is 61.1 Å². The third-order valence-electron chi connectivity index (χ3n) is 3.05. The van der Waals surface area contributed by atoms with E-state index < -0.39 is 5.97 Å². The first-order valence-corrected chi connectivity index (χ1v) is 7.76. The van der Waals surface area contributed by atoms with E-state index in [-0.39, 0.29) is 11.8 Å². The Morgan fingerprint density at radius 1 is 1.30 bits per heavy atom. The lowest BCUT2D eigenvalue weighted by Crippen LogP contribution is -2.07. The number of carboxylic acids is 1. The zero-order valence-corrected chi connectivity index (χ0v) is 12.9. The summed E-state index contributed by atoms with van der Waals surface area (Å²) in [5, 5.41) is 17.6. The van der Waals surface area contributed by atoms with Gasteiger partial charge in [0.2, 0.25) is 0 Å². The van der Waals surface area contributed by atoms with Gasteiger partial charge in [0.1, 0.15) is 0 Å². The van der Waals surface area contributed by atoms with E-state index in [1.54, 1.807) is 11.8 Å². The van der Waals surface area contributed by atoms with Crippen LogP contribution in [0.15, 0.2) is 29.2 Å². The van der Waals surface area contributed by atoms with Crippen molar-refractivity contribution in [2.24, 2.45) is 5.41 Å². The van der Waals surface area contributed by atoms with Crippen molar-refractivity contribution in [2.45, 2.75) is 44.4 Å². The summed E-state index contributed by atoms with van der Waals surface area (Å²) in [6, 6.07) is 10.0. The lowest BCUT2D eigenvalue weighted by atomic mass is 9.89. The number of aliphatic carboxylic acids is 1. The minimum Gasteiger partial charge on any atom is -0.481 e. The molecule has 4 heteroatoms. The lowest BCUT2D eigenvalue weighted by molar-refractivity contribution is -0.136. The largest absolute Gasteiger partial charge is 0.481 e. The number of rotatable bonds is 8. The SMILES string of the molecule is CC(C)(C#N)CCCCSc1ccc(CC(=O)O)cc1. The summed E-state index contributed by atoms with van der Waals surface area (Å²) in [5.74, 6) is 0.227. The molecule has 0 heterocycles. The Bertz CT molecular complexity index is 474. The summed E-state index contributed by atoms with van der Waals surface area (Å²) < 4.78 is 0. The Kier molecular flexibility index (Phi) is 6.60. The molecule has 0 fully saturated rings. The molecule has 0 amide bonds. The molecular formula is C16H21NO2S. The molecule has 20 heavy (non-hydrogen) atoms. The second-order valence-corrected chi connectivity index (χ2v) is 6.68. The van der Waals surface area contributed by atoms with Crippen LogP contribution in [-0.4, -0.2) is 16.8 Å². The molecule has 1 aromatic carbocycles. The Morgan fingerprint density at radius 2 is 1.95 bits per heavy atom. The Balaban J connectivity index is 2.26. The number of carbonyl (C=O) groups is 1. The predicted octanol–water partition coefficient (Wildman–Crippen LogP) is 4.13. The van der Waals surface area contributed by atoms with E-state index in [9.17, 15) is 4.79 Å². The van der Waals surface area contributed by atoms with Gasteiger partial charge >= 0.3 is 5.97 Å². The molecule has 0 spiro atoms. The van der Waals surface area contributed by atoms with Crippen LogP contribution in [0.4, 0.5) is 0 Å². The summed E-state index contributed by atoms with van der Waals surface area (Å²) in [6.07, 6.45) is 3.16. The first-order chi connectivity index (χ1) is 9.43. The van der Waals surface area contributed by atoms with Gasteiger partial charge in [0.15, 0.2) is 0 Å². The Hall–Kier alpha value is -1.47. The number of benzene rings is 1. The number of unbranched alkanes of at least 4 members (excludes halogenated alkanes) is 1. The number of carboxylic acid groups (broad SMARTS) is 1. The van der Waals surface area contributed by atoms with Crippen molar-refractivity contribution in [1.82, 2.24) is 0 Å². The van der Waals surface area contributed by atoms with Gasteiger partial charge in [0, 0.05) is 4.90 Å². The summed E-state index contributed by atoms with van der Waals surface area (Å²) >= 11 is 1.78. The van der Waals surface area contributed by atoms with Crippen molar-refractivity contribution >= 4 is 17.7 Å². The summed E-state index contributed by atoms with van der Waals surface area (Å²) in [5.41, 5.74) is 0.612. The third kappa shape index (κ3) is 6.63. The molecule has 0 aliphatic rings. The quantitative estimate of drug-likeness (QED) is 0.578. The van der Waals surface area contributed by atoms with E-state index >= 15 is 0 Å². The normalized spacial score (nSPS) is 11.1. The Labute approximate surface area is 125 Å². The van der Waals surface area contributed by atoms with Crippen LogP contribution < -0.4 is 0 Å². The first kappa shape index (κ1) is 16.6. The molecule has 0 aromatic heterocycles. The van der Waals surface area contributed by atoms with Crippen molar-refractivity contribution in [3.05, 3.63) is 29.8 Å². The van der Waals surface area contributed by atoms with E-state index in [0.29, 0.717) is 0 Å². The number of nitriles is 1. The minimum atomic E-state index is -0.800. The molecule has 0 aliphatic heterocycles. The highest BCUT2D eigenvalue weighted by Gasteiger charge is 2.15. The standard InChI is InChI=1S/C16H21NO2S/c1-16(2,12-17)9-3-4-10-20-14-7-5-13(6-8-14)11-15(18)19/h5-8H,3-4,9-11H2,1-2H3,(H,18,19). The highest BCUT2D eigenvalue weighted by Crippen LogP contribution is 2.24. The maximum atomic E-state index is 10.6. The summed E-state index contributed by atoms with van der Waals surface area (Å²) in [6.45, 7) is 3.95. The van der Waals surface area contributed by atoms with Crippen LogP contribution in [0.25, 0.3) is 0 Å². The molecular weight excluding hydrogens is 270 g/mol. The average molecular weight is 291 g/mol. The molecule has 0 atom stereocenters. The van der Waals surface area contributed by atoms with Crippen molar-refractivity contribution in [1.29, 1.82) is 5.26 Å². The fourth-order valence-corrected chi connectivity index (χ4v) is 2.71. The fourth-order valence-electron chi connectivity index (χ4n) is 1.79. The van der Waals surface area contributed by atoms with E-state index in [0.717, 1.165) is 30.6 Å². The molecule has 1 rings (SSSR count). The maximum absolute atomic E-state index is 10.6. The van der Waals surface area contributed by atoms with E-state index in [1.807, 2.05) is 38.1 Å². The van der Waals surface area contributed by atoms with E-state index in [4.69, 9.17) is 10.4 Å². The van der Waals surface area contributed by atoms with Crippen LogP contribution in [0.3, 0.4) is 0 Å². The van der Waals surface area contributed by atoms with Gasteiger partial charge in [-0.2, -0.15) is 5.26 Å². The molecule has 0 saturated carbocycles. The number of nitrogens with zero attached hydrogens (tertiary/aromatic N) is 1. The van der Waals surface area contributed by atoms with Gasteiger partial charge in [0.05, 0.1) is 17.9 Å². The van der Waals surface area contributed by atoms with Gasteiger partial charge in [-0.1, -0.05) is 18.6 Å². The molecule has 0 unspecified atom stereocenters. The molecule has 108 valence electrons. The van der Waals surface area contributed by atoms with Crippen LogP contribution in [0, 0.1) is 16.7 Å². The van der Waals surface area contributed by atoms with Gasteiger partial charge in [-0.3, -0.25) is 4.79 Å². The molecule has 1 N–H and O–H groups in total. The summed E-state index contributed by atoms with van der Waals surface area (Å²) in [7, 11) is 0. The van der Waals surface area contributed by atoms with Crippen molar-refractivity contribution in [3.63, 3.8) is 0 Å². The van der Waals surface area contributed by atoms with E-state index in [1.165, 1.54) is 4.90 Å². The first-order valence-electron chi connectivity index (χ1n) is 6.78. The average Bonchev–Trinajstić information content (AvgIpc) is 2.39. The van der Waals surface area contributed by atoms with Crippen LogP contribution in [0.5, 0.6) is 0 Å². The zero-order valence-electron chi connectivity index (χ0n) is 12.1. The number of hydrogen-bond acceptors (Lipinski definition) is 3. The predicted molar refractivity (Wildman–Crippen MR) is 81.8 cm³/mol. The van der Waals surface area contributed by atoms with Gasteiger partial charge in [0.25, 0.3) is 0 Å². The fraction of sp³-hybridized carbons (Fsp3) is 0.500. The highest BCUT2D eigenvalue weighted by molar-refractivity contribution is 7.99. The lowest BCUT2D eigenvalue weighted by Gasteiger charge is -2.14. The molecule has 0 radical (unpaired) electrons. The Morgan fingerprint density at radius 3 is 2.50 bits per heavy atom. The van der Waals surface area contributed by atoms with Crippen molar-refractivity contribution in [2.75, 3.05) is 5.75 Å². The highest BCUT2D eigenvalue weighted by atomic mass is 32.2. The molecule has 0 aliphatic carbocycles. The third-order valence-corrected chi connectivity index (χ3v) is 4.14. The van der Waals surface area contributed by atoms with Gasteiger partial charge in [-0.25, -0.2) is 0 Å². The second kappa shape index (κ2) is 7.96. The van der Waals surface area contributed by atoms with Gasteiger partial charge in [-0.15, -0.1) is 11.8 Å². The smallest absolute Gasteiger partial charge is 0.307 e. The van der Waals surface area contributed by atoms with E-state index in [2.05, 4.69) is 6.07 Å². The molecule has 0 bridgehead atoms. The second-order valence-electron chi connectivity index (χ2n) is 5.52. The summed E-state index contributed by atoms with van der Waals surface area (Å²) in [4.78, 5) is 11.7. The maximum Gasteiger partial charge on any atom is 0.307 e. The van der Waals surface area contributed by atoms with Crippen LogP contribution in [-0.2, 0) is 11.2 Å². The van der Waals surface area contributed by atoms with Crippen LogP contribution in [0.2, 0.25) is 0 Å². The van der Waals surface area contributed by atoms with Gasteiger partial charge < -0.3 is 5.11 Å². The molecule has 0 saturated heterocycles. The number of thioether (sulfide) groups is 1. The van der Waals surface area contributed by atoms with Crippen molar-refractivity contribution < 1.29 is 9.90 Å². The minimum absolute atomic E-state index is 0.0776. The van der Waals surface area contributed by atoms with Crippen LogP contribution >= 0.6 is 11.8 Å². The van der Waals surface area contributed by atoms with Gasteiger partial charge in [-0.05, 0) is 50.1 Å². The number of hydrogen-bond donors (Lipinski definition) is 1. The molecule has 3 nitrogen and oxygen atoms in total. The molecule has 1 aromatic rings. The zero-order chi connectivity index (χ0) is 15.0.